The molecule has 1 fully saturated rings. The topological polar surface area (TPSA) is 80.4 Å². The first kappa shape index (κ1) is 32.5. The molecule has 3 aliphatic heterocycles. The summed E-state index contributed by atoms with van der Waals surface area (Å²) >= 11 is 13.0. The van der Waals surface area contributed by atoms with Crippen molar-refractivity contribution in [3.8, 4) is 0 Å². The van der Waals surface area contributed by atoms with Gasteiger partial charge < -0.3 is 19.9 Å². The molecule has 240 valence electrons. The van der Waals surface area contributed by atoms with Gasteiger partial charge in [-0.3, -0.25) is 20.1 Å². The normalized spacial score (nSPS) is 17.5. The molecule has 0 spiro atoms. The van der Waals surface area contributed by atoms with Crippen LogP contribution in [0.3, 0.4) is 0 Å². The Hall–Kier alpha value is -3.89. The van der Waals surface area contributed by atoms with Crippen LogP contribution in [0.25, 0.3) is 0 Å². The van der Waals surface area contributed by atoms with Gasteiger partial charge in [0.2, 0.25) is 0 Å². The molecule has 1 unspecified atom stereocenters. The van der Waals surface area contributed by atoms with Gasteiger partial charge in [-0.1, -0.05) is 35.8 Å². The molecule has 0 aliphatic carbocycles. The van der Waals surface area contributed by atoms with Crippen LogP contribution in [0.5, 0.6) is 0 Å². The summed E-state index contributed by atoms with van der Waals surface area (Å²) in [7, 11) is 1.79. The summed E-state index contributed by atoms with van der Waals surface area (Å²) in [6, 6.07) is 9.62. The van der Waals surface area contributed by atoms with Gasteiger partial charge in [-0.15, -0.1) is 0 Å². The number of ether oxygens (including phenoxy) is 1. The third-order valence-electron chi connectivity index (χ3n) is 7.95. The highest BCUT2D eigenvalue weighted by Crippen LogP contribution is 2.40. The van der Waals surface area contributed by atoms with Gasteiger partial charge in [0.25, 0.3) is 5.91 Å². The lowest BCUT2D eigenvalue weighted by atomic mass is 10.0. The lowest BCUT2D eigenvalue weighted by Gasteiger charge is -2.47. The summed E-state index contributed by atoms with van der Waals surface area (Å²) in [4.78, 5) is 31.8. The van der Waals surface area contributed by atoms with Crippen molar-refractivity contribution >= 4 is 40.9 Å². The quantitative estimate of drug-likeness (QED) is 0.321. The van der Waals surface area contributed by atoms with Crippen LogP contribution < -0.4 is 10.7 Å². The molecule has 0 radical (unpaired) electrons. The molecule has 2 N–H and O–H groups in total. The average Bonchev–Trinajstić information content (AvgIpc) is 3.52. The van der Waals surface area contributed by atoms with Crippen molar-refractivity contribution in [2.75, 3.05) is 38.5 Å². The van der Waals surface area contributed by atoms with E-state index in [-0.39, 0.29) is 10.9 Å². The molecule has 45 heavy (non-hydrogen) atoms. The molecule has 2 aromatic carbocycles. The largest absolute Gasteiger partial charge is 0.443 e. The Morgan fingerprint density at radius 3 is 2.49 bits per heavy atom. The van der Waals surface area contributed by atoms with E-state index in [1.165, 1.54) is 12.1 Å². The van der Waals surface area contributed by atoms with Crippen molar-refractivity contribution in [3.63, 3.8) is 0 Å². The predicted octanol–water partition coefficient (Wildman–Crippen LogP) is 7.11. The van der Waals surface area contributed by atoms with E-state index in [0.717, 1.165) is 25.9 Å². The maximum absolute atomic E-state index is 14.6. The van der Waals surface area contributed by atoms with Crippen LogP contribution in [0.1, 0.15) is 62.5 Å². The number of rotatable bonds is 6. The number of hydrogen-bond acceptors (Lipinski definition) is 7. The molecular formula is C33H39Cl2FN6O3. The van der Waals surface area contributed by atoms with Crippen molar-refractivity contribution in [2.45, 2.75) is 52.2 Å². The Morgan fingerprint density at radius 1 is 1.09 bits per heavy atom. The minimum absolute atomic E-state index is 0.00930. The smallest absolute Gasteiger partial charge is 0.416 e. The lowest BCUT2D eigenvalue weighted by Crippen LogP contribution is -2.54. The van der Waals surface area contributed by atoms with Crippen molar-refractivity contribution in [3.05, 3.63) is 99.0 Å². The highest BCUT2D eigenvalue weighted by Gasteiger charge is 2.39. The first-order chi connectivity index (χ1) is 21.2. The fourth-order valence-electron chi connectivity index (χ4n) is 5.81. The molecule has 1 atom stereocenters. The van der Waals surface area contributed by atoms with Crippen molar-refractivity contribution in [1.29, 1.82) is 0 Å². The molecule has 0 aromatic heterocycles. The van der Waals surface area contributed by atoms with E-state index in [4.69, 9.17) is 27.9 Å². The van der Waals surface area contributed by atoms with Gasteiger partial charge >= 0.3 is 6.09 Å². The summed E-state index contributed by atoms with van der Waals surface area (Å²) < 4.78 is 20.3. The summed E-state index contributed by atoms with van der Waals surface area (Å²) in [5.74, 6) is -0.0120. The fraction of sp³-hybridized carbons (Fsp3) is 0.394. The lowest BCUT2D eigenvalue weighted by molar-refractivity contribution is 0.0161. The number of halogens is 3. The minimum atomic E-state index is -0.699. The number of likely N-dealkylation sites (tertiary alicyclic amines) is 1. The number of hydrazine groups is 1. The van der Waals surface area contributed by atoms with E-state index in [1.807, 2.05) is 67.8 Å². The molecule has 5 rings (SSSR count). The molecule has 0 saturated carbocycles. The molecule has 2 aromatic rings. The summed E-state index contributed by atoms with van der Waals surface area (Å²) in [6.07, 6.45) is 3.41. The summed E-state index contributed by atoms with van der Waals surface area (Å²) in [5.41, 5.74) is 6.17. The van der Waals surface area contributed by atoms with Crippen LogP contribution in [-0.4, -0.2) is 70.5 Å². The number of allylic oxidation sites excluding steroid dienone is 1. The van der Waals surface area contributed by atoms with E-state index in [9.17, 15) is 14.0 Å². The summed E-state index contributed by atoms with van der Waals surface area (Å²) in [6.45, 7) is 13.8. The average molecular weight is 658 g/mol. The number of carbonyl (C=O) groups excluding carboxylic acids is 2. The Balaban J connectivity index is 1.50. The van der Waals surface area contributed by atoms with Gasteiger partial charge in [-0.25, -0.2) is 9.18 Å². The van der Waals surface area contributed by atoms with E-state index in [1.54, 1.807) is 17.0 Å². The van der Waals surface area contributed by atoms with Gasteiger partial charge in [0, 0.05) is 55.1 Å². The Bertz CT molecular complexity index is 1580. The van der Waals surface area contributed by atoms with Gasteiger partial charge in [0.05, 0.1) is 28.2 Å². The number of nitrogens with zero attached hydrogens (tertiary/aromatic N) is 4. The Labute approximate surface area is 273 Å². The third kappa shape index (κ3) is 6.87. The van der Waals surface area contributed by atoms with Crippen LogP contribution in [0.4, 0.5) is 14.9 Å². The monoisotopic (exact) mass is 656 g/mol. The van der Waals surface area contributed by atoms with Crippen LogP contribution in [0.15, 0.2) is 72.0 Å². The zero-order valence-corrected chi connectivity index (χ0v) is 27.7. The fourth-order valence-corrected chi connectivity index (χ4v) is 6.50. The maximum Gasteiger partial charge on any atom is 0.416 e. The van der Waals surface area contributed by atoms with Gasteiger partial charge in [0.15, 0.2) is 5.82 Å². The molecule has 1 saturated heterocycles. The number of anilines is 1. The SMILES string of the molecule is C=C(Nc1cccc(C(=O)N2CCCC2)c1)C1=CC2=C(N(C)N1)N(C(=O)OC(C)(C)C)CCN2C(C)c1c(Cl)ccc(F)c1Cl. The van der Waals surface area contributed by atoms with Gasteiger partial charge in [-0.05, 0) is 76.9 Å². The number of carbonyl (C=O) groups is 2. The van der Waals surface area contributed by atoms with Crippen LogP contribution in [-0.2, 0) is 4.74 Å². The van der Waals surface area contributed by atoms with E-state index in [0.29, 0.717) is 57.8 Å². The van der Waals surface area contributed by atoms with E-state index in [2.05, 4.69) is 17.3 Å². The maximum atomic E-state index is 14.6. The first-order valence-corrected chi connectivity index (χ1v) is 15.7. The van der Waals surface area contributed by atoms with E-state index >= 15 is 0 Å². The van der Waals surface area contributed by atoms with Crippen LogP contribution in [0.2, 0.25) is 10.0 Å². The van der Waals surface area contributed by atoms with Crippen LogP contribution in [0, 0.1) is 5.82 Å². The van der Waals surface area contributed by atoms with Gasteiger partial charge in [0.1, 0.15) is 11.4 Å². The second kappa shape index (κ2) is 12.8. The predicted molar refractivity (Wildman–Crippen MR) is 175 cm³/mol. The molecule has 3 heterocycles. The molecular weight excluding hydrogens is 618 g/mol. The number of benzene rings is 2. The zero-order valence-electron chi connectivity index (χ0n) is 26.2. The van der Waals surface area contributed by atoms with Crippen molar-refractivity contribution < 1.29 is 18.7 Å². The number of amides is 2. The van der Waals surface area contributed by atoms with E-state index < -0.39 is 23.6 Å². The third-order valence-corrected chi connectivity index (χ3v) is 8.66. The standard InChI is InChI=1S/C33H39Cl2FN6O3/c1-20(37-23-11-9-10-22(18-23)31(43)40-14-7-8-15-40)26-19-27-30(39(6)38-26)42(32(44)45-33(3,4)5)17-16-41(27)21(2)28-24(34)12-13-25(36)29(28)35/h9-13,18-19,21,37-38H,1,7-8,14-17H2,2-6H3. The molecule has 0 bridgehead atoms. The van der Waals surface area contributed by atoms with Crippen molar-refractivity contribution in [1.82, 2.24) is 25.1 Å². The molecule has 2 amide bonds. The first-order valence-electron chi connectivity index (χ1n) is 15.0. The second-order valence-corrected chi connectivity index (χ2v) is 13.2. The highest BCUT2D eigenvalue weighted by molar-refractivity contribution is 6.36. The molecule has 12 heteroatoms. The number of nitrogens with one attached hydrogen (secondary N) is 2. The molecule has 9 nitrogen and oxygen atoms in total. The zero-order chi connectivity index (χ0) is 32.6. The van der Waals surface area contributed by atoms with Crippen molar-refractivity contribution in [2.24, 2.45) is 0 Å². The van der Waals surface area contributed by atoms with Crippen LogP contribution >= 0.6 is 23.2 Å². The minimum Gasteiger partial charge on any atom is -0.443 e. The second-order valence-electron chi connectivity index (χ2n) is 12.4. The summed E-state index contributed by atoms with van der Waals surface area (Å²) in [5, 5.41) is 5.33. The Morgan fingerprint density at radius 2 is 1.80 bits per heavy atom. The number of hydrogen-bond donors (Lipinski definition) is 2. The molecule has 3 aliphatic rings. The van der Waals surface area contributed by atoms with Gasteiger partial charge in [-0.2, -0.15) is 0 Å². The Kier molecular flexibility index (Phi) is 9.28. The highest BCUT2D eigenvalue weighted by atomic mass is 35.5.